The molecule has 0 spiro atoms. The topological polar surface area (TPSA) is 66.5 Å². The first-order valence-corrected chi connectivity index (χ1v) is 5.05. The minimum atomic E-state index is -0.886. The smallest absolute Gasteiger partial charge is 0.106 e. The van der Waals surface area contributed by atoms with Crippen LogP contribution in [-0.2, 0) is 0 Å². The Bertz CT molecular complexity index is 280. The molecule has 4 heteroatoms. The molecule has 72 valence electrons. The van der Waals surface area contributed by atoms with Crippen molar-refractivity contribution >= 4 is 21.6 Å². The van der Waals surface area contributed by atoms with E-state index in [1.165, 1.54) is 0 Å². The predicted molar refractivity (Wildman–Crippen MR) is 55.6 cm³/mol. The molecule has 0 bridgehead atoms. The van der Waals surface area contributed by atoms with Gasteiger partial charge < -0.3 is 15.9 Å². The third-order valence-corrected chi connectivity index (χ3v) is 2.44. The predicted octanol–water partition coefficient (Wildman–Crippen LogP) is 1.06. The van der Waals surface area contributed by atoms with Gasteiger partial charge in [-0.1, -0.05) is 28.1 Å². The van der Waals surface area contributed by atoms with Crippen LogP contribution in [0.25, 0.3) is 0 Å². The quantitative estimate of drug-likeness (QED) is 0.551. The van der Waals surface area contributed by atoms with Crippen LogP contribution >= 0.6 is 15.9 Å². The number of aliphatic hydroxyl groups is 2. The van der Waals surface area contributed by atoms with Crippen LogP contribution in [-0.4, -0.2) is 21.6 Å². The van der Waals surface area contributed by atoms with Gasteiger partial charge in [-0.25, -0.2) is 0 Å². The van der Waals surface area contributed by atoms with E-state index in [1.807, 2.05) is 0 Å². The number of halogens is 1. The molecule has 0 saturated carbocycles. The molecule has 2 atom stereocenters. The lowest BCUT2D eigenvalue weighted by Gasteiger charge is -2.15. The highest BCUT2D eigenvalue weighted by Crippen LogP contribution is 2.19. The Balaban J connectivity index is 2.82. The zero-order valence-corrected chi connectivity index (χ0v) is 8.61. The molecule has 3 nitrogen and oxygen atoms in total. The molecule has 0 radical (unpaired) electrons. The molecule has 4 N–H and O–H groups in total. The number of benzene rings is 1. The number of aliphatic hydroxyl groups excluding tert-OH is 2. The van der Waals surface area contributed by atoms with E-state index in [4.69, 9.17) is 5.73 Å². The van der Waals surface area contributed by atoms with Crippen molar-refractivity contribution in [3.8, 4) is 0 Å². The number of hydrogen-bond donors (Lipinski definition) is 3. The standard InChI is InChI=1S/C9H12BrNO2/c10-5-8(12)9(13)6-2-1-3-7(11)4-6/h1-4,8-9,12-13H,5,11H2. The first-order chi connectivity index (χ1) is 6.15. The molecule has 0 aliphatic carbocycles. The Morgan fingerprint density at radius 3 is 2.62 bits per heavy atom. The Hall–Kier alpha value is -0.580. The van der Waals surface area contributed by atoms with Gasteiger partial charge in [-0.15, -0.1) is 0 Å². The molecule has 0 amide bonds. The maximum absolute atomic E-state index is 9.58. The summed E-state index contributed by atoms with van der Waals surface area (Å²) in [5, 5.41) is 19.2. The maximum Gasteiger partial charge on any atom is 0.106 e. The normalized spacial score (nSPS) is 15.3. The molecule has 0 aliphatic rings. The van der Waals surface area contributed by atoms with Crippen molar-refractivity contribution in [3.63, 3.8) is 0 Å². The minimum absolute atomic E-state index is 0.336. The highest BCUT2D eigenvalue weighted by molar-refractivity contribution is 9.09. The lowest BCUT2D eigenvalue weighted by atomic mass is 10.1. The molecule has 0 heterocycles. The van der Waals surface area contributed by atoms with Crippen LogP contribution in [0.1, 0.15) is 11.7 Å². The van der Waals surface area contributed by atoms with Crippen LogP contribution in [0.4, 0.5) is 5.69 Å². The minimum Gasteiger partial charge on any atom is -0.399 e. The molecule has 1 aromatic carbocycles. The summed E-state index contributed by atoms with van der Waals surface area (Å²) in [6.07, 6.45) is -1.69. The molecule has 2 unspecified atom stereocenters. The zero-order valence-electron chi connectivity index (χ0n) is 7.02. The SMILES string of the molecule is Nc1cccc(C(O)C(O)CBr)c1. The number of rotatable bonds is 3. The molecule has 1 rings (SSSR count). The van der Waals surface area contributed by atoms with Crippen molar-refractivity contribution in [2.24, 2.45) is 0 Å². The second-order valence-electron chi connectivity index (χ2n) is 2.84. The fourth-order valence-electron chi connectivity index (χ4n) is 1.05. The number of hydrogen-bond acceptors (Lipinski definition) is 3. The lowest BCUT2D eigenvalue weighted by Crippen LogP contribution is -2.19. The van der Waals surface area contributed by atoms with E-state index in [2.05, 4.69) is 15.9 Å². The van der Waals surface area contributed by atoms with E-state index >= 15 is 0 Å². The molecular weight excluding hydrogens is 234 g/mol. The Labute approximate surface area is 85.3 Å². The van der Waals surface area contributed by atoms with Crippen LogP contribution in [0.15, 0.2) is 24.3 Å². The first-order valence-electron chi connectivity index (χ1n) is 3.92. The van der Waals surface area contributed by atoms with Gasteiger partial charge in [-0.3, -0.25) is 0 Å². The number of alkyl halides is 1. The Morgan fingerprint density at radius 1 is 1.38 bits per heavy atom. The van der Waals surface area contributed by atoms with Gasteiger partial charge in [0.2, 0.25) is 0 Å². The van der Waals surface area contributed by atoms with E-state index in [0.29, 0.717) is 16.6 Å². The van der Waals surface area contributed by atoms with E-state index < -0.39 is 12.2 Å². The van der Waals surface area contributed by atoms with E-state index in [0.717, 1.165) is 0 Å². The van der Waals surface area contributed by atoms with E-state index in [9.17, 15) is 10.2 Å². The van der Waals surface area contributed by atoms with Crippen LogP contribution in [0.2, 0.25) is 0 Å². The number of nitrogens with two attached hydrogens (primary N) is 1. The van der Waals surface area contributed by atoms with Gasteiger partial charge >= 0.3 is 0 Å². The third-order valence-electron chi connectivity index (χ3n) is 1.77. The van der Waals surface area contributed by atoms with Gasteiger partial charge in [-0.2, -0.15) is 0 Å². The molecule has 1 aromatic rings. The molecule has 0 fully saturated rings. The summed E-state index contributed by atoms with van der Waals surface area (Å²) in [7, 11) is 0. The van der Waals surface area contributed by atoms with Gasteiger partial charge in [-0.05, 0) is 17.7 Å². The van der Waals surface area contributed by atoms with Gasteiger partial charge in [0, 0.05) is 11.0 Å². The van der Waals surface area contributed by atoms with Gasteiger partial charge in [0.05, 0.1) is 6.10 Å². The molecular formula is C9H12BrNO2. The lowest BCUT2D eigenvalue weighted by molar-refractivity contribution is 0.0343. The highest BCUT2D eigenvalue weighted by atomic mass is 79.9. The van der Waals surface area contributed by atoms with Gasteiger partial charge in [0.1, 0.15) is 6.10 Å². The third kappa shape index (κ3) is 2.69. The Kier molecular flexibility index (Phi) is 3.71. The summed E-state index contributed by atoms with van der Waals surface area (Å²) in [5.41, 5.74) is 6.75. The van der Waals surface area contributed by atoms with Crippen LogP contribution < -0.4 is 5.73 Å². The largest absolute Gasteiger partial charge is 0.399 e. The van der Waals surface area contributed by atoms with Crippen molar-refractivity contribution in [2.75, 3.05) is 11.1 Å². The molecule has 13 heavy (non-hydrogen) atoms. The average Bonchev–Trinajstić information content (AvgIpc) is 2.15. The van der Waals surface area contributed by atoms with E-state index in [1.54, 1.807) is 24.3 Å². The van der Waals surface area contributed by atoms with Crippen molar-refractivity contribution in [2.45, 2.75) is 12.2 Å². The van der Waals surface area contributed by atoms with E-state index in [-0.39, 0.29) is 0 Å². The maximum atomic E-state index is 9.58. The fraction of sp³-hybridized carbons (Fsp3) is 0.333. The number of anilines is 1. The summed E-state index contributed by atoms with van der Waals surface area (Å²) in [6.45, 7) is 0. The van der Waals surface area contributed by atoms with Crippen molar-refractivity contribution in [1.29, 1.82) is 0 Å². The van der Waals surface area contributed by atoms with Crippen LogP contribution in [0, 0.1) is 0 Å². The Morgan fingerprint density at radius 2 is 2.08 bits per heavy atom. The number of nitrogen functional groups attached to an aromatic ring is 1. The average molecular weight is 246 g/mol. The monoisotopic (exact) mass is 245 g/mol. The molecule has 0 aromatic heterocycles. The fourth-order valence-corrected chi connectivity index (χ4v) is 1.40. The van der Waals surface area contributed by atoms with Gasteiger partial charge in [0.15, 0.2) is 0 Å². The van der Waals surface area contributed by atoms with Crippen molar-refractivity contribution in [3.05, 3.63) is 29.8 Å². The second-order valence-corrected chi connectivity index (χ2v) is 3.48. The van der Waals surface area contributed by atoms with Gasteiger partial charge in [0.25, 0.3) is 0 Å². The highest BCUT2D eigenvalue weighted by Gasteiger charge is 2.16. The van der Waals surface area contributed by atoms with Crippen molar-refractivity contribution in [1.82, 2.24) is 0 Å². The zero-order chi connectivity index (χ0) is 9.84. The second kappa shape index (κ2) is 4.60. The molecule has 0 saturated heterocycles. The van der Waals surface area contributed by atoms with Crippen molar-refractivity contribution < 1.29 is 10.2 Å². The van der Waals surface area contributed by atoms with Crippen LogP contribution in [0.3, 0.4) is 0 Å². The molecule has 0 aliphatic heterocycles. The summed E-state index contributed by atoms with van der Waals surface area (Å²) in [5.74, 6) is 0. The van der Waals surface area contributed by atoms with Crippen LogP contribution in [0.5, 0.6) is 0 Å². The summed E-state index contributed by atoms with van der Waals surface area (Å²) in [6, 6.07) is 6.86. The first kappa shape index (κ1) is 10.5. The summed E-state index contributed by atoms with van der Waals surface area (Å²) >= 11 is 3.09. The summed E-state index contributed by atoms with van der Waals surface area (Å²) < 4.78 is 0. The summed E-state index contributed by atoms with van der Waals surface area (Å²) in [4.78, 5) is 0.